The molecule has 1 N–H and O–H groups in total. The number of rotatable bonds is 7. The molecule has 0 radical (unpaired) electrons. The number of hydrogen-bond acceptors (Lipinski definition) is 2. The molecule has 1 atom stereocenters. The molecule has 1 aromatic rings. The van der Waals surface area contributed by atoms with Gasteiger partial charge < -0.3 is 9.84 Å². The third-order valence-electron chi connectivity index (χ3n) is 2.89. The minimum atomic E-state index is -0.367. The monoisotopic (exact) mass is 300 g/mol. The van der Waals surface area contributed by atoms with Crippen molar-refractivity contribution in [1.82, 2.24) is 0 Å². The number of ether oxygens (including phenoxy) is 1. The van der Waals surface area contributed by atoms with Gasteiger partial charge >= 0.3 is 0 Å². The largest absolute Gasteiger partial charge is 0.496 e. The Labute approximate surface area is 112 Å². The van der Waals surface area contributed by atoms with E-state index in [9.17, 15) is 5.11 Å². The lowest BCUT2D eigenvalue weighted by atomic mass is 10.0. The fraction of sp³-hybridized carbons (Fsp3) is 0.571. The Morgan fingerprint density at radius 1 is 1.29 bits per heavy atom. The summed E-state index contributed by atoms with van der Waals surface area (Å²) in [6, 6.07) is 5.74. The average Bonchev–Trinajstić information content (AvgIpc) is 2.34. The summed E-state index contributed by atoms with van der Waals surface area (Å²) >= 11 is 3.43. The lowest BCUT2D eigenvalue weighted by Crippen LogP contribution is -1.98. The number of benzene rings is 1. The van der Waals surface area contributed by atoms with Crippen LogP contribution in [0.1, 0.15) is 50.7 Å². The summed E-state index contributed by atoms with van der Waals surface area (Å²) in [6.45, 7) is 2.19. The van der Waals surface area contributed by atoms with E-state index in [1.54, 1.807) is 7.11 Å². The highest BCUT2D eigenvalue weighted by Crippen LogP contribution is 2.29. The number of halogens is 1. The quantitative estimate of drug-likeness (QED) is 0.753. The van der Waals surface area contributed by atoms with Gasteiger partial charge in [-0.3, -0.25) is 0 Å². The second-order valence-electron chi connectivity index (χ2n) is 4.26. The van der Waals surface area contributed by atoms with Crippen LogP contribution in [0.5, 0.6) is 5.75 Å². The Kier molecular flexibility index (Phi) is 6.60. The van der Waals surface area contributed by atoms with Gasteiger partial charge in [0.25, 0.3) is 0 Å². The van der Waals surface area contributed by atoms with Crippen molar-refractivity contribution in [3.05, 3.63) is 28.2 Å². The smallest absolute Gasteiger partial charge is 0.133 e. The highest BCUT2D eigenvalue weighted by molar-refractivity contribution is 9.10. The number of unbranched alkanes of at least 4 members (excludes halogenated alkanes) is 3. The standard InChI is InChI=1S/C14H21BrO2/c1-3-4-5-6-7-13(16)11-8-9-14(17-2)12(15)10-11/h8-10,13,16H,3-7H2,1-2H3. The predicted octanol–water partition coefficient (Wildman–Crippen LogP) is 4.46. The van der Waals surface area contributed by atoms with Gasteiger partial charge in [0.1, 0.15) is 5.75 Å². The van der Waals surface area contributed by atoms with E-state index in [1.807, 2.05) is 18.2 Å². The molecule has 1 unspecified atom stereocenters. The van der Waals surface area contributed by atoms with Crippen LogP contribution in [-0.4, -0.2) is 12.2 Å². The number of aliphatic hydroxyl groups excluding tert-OH is 1. The topological polar surface area (TPSA) is 29.5 Å². The molecule has 0 spiro atoms. The van der Waals surface area contributed by atoms with Crippen molar-refractivity contribution >= 4 is 15.9 Å². The van der Waals surface area contributed by atoms with Gasteiger partial charge in [0, 0.05) is 0 Å². The summed E-state index contributed by atoms with van der Waals surface area (Å²) in [7, 11) is 1.64. The zero-order valence-corrected chi connectivity index (χ0v) is 12.2. The Bertz CT molecular complexity index is 339. The summed E-state index contributed by atoms with van der Waals surface area (Å²) in [6.07, 6.45) is 5.22. The van der Waals surface area contributed by atoms with Crippen LogP contribution in [0.15, 0.2) is 22.7 Å². The molecular weight excluding hydrogens is 280 g/mol. The van der Waals surface area contributed by atoms with Gasteiger partial charge in [-0.1, -0.05) is 38.7 Å². The summed E-state index contributed by atoms with van der Waals surface area (Å²) < 4.78 is 6.06. The maximum Gasteiger partial charge on any atom is 0.133 e. The Balaban J connectivity index is 2.51. The Morgan fingerprint density at radius 3 is 2.65 bits per heavy atom. The van der Waals surface area contributed by atoms with Crippen molar-refractivity contribution in [3.8, 4) is 5.75 Å². The van der Waals surface area contributed by atoms with E-state index in [0.717, 1.165) is 28.6 Å². The van der Waals surface area contributed by atoms with Crippen LogP contribution < -0.4 is 4.74 Å². The SMILES string of the molecule is CCCCCCC(O)c1ccc(OC)c(Br)c1. The Morgan fingerprint density at radius 2 is 2.06 bits per heavy atom. The van der Waals surface area contributed by atoms with Gasteiger partial charge in [-0.05, 0) is 40.0 Å². The van der Waals surface area contributed by atoms with Crippen LogP contribution >= 0.6 is 15.9 Å². The van der Waals surface area contributed by atoms with E-state index in [0.29, 0.717) is 0 Å². The maximum atomic E-state index is 10.0. The molecule has 0 saturated heterocycles. The second kappa shape index (κ2) is 7.72. The lowest BCUT2D eigenvalue weighted by molar-refractivity contribution is 0.163. The van der Waals surface area contributed by atoms with E-state index in [1.165, 1.54) is 19.3 Å². The van der Waals surface area contributed by atoms with Gasteiger partial charge in [-0.25, -0.2) is 0 Å². The van der Waals surface area contributed by atoms with Gasteiger partial charge in [0.15, 0.2) is 0 Å². The molecule has 17 heavy (non-hydrogen) atoms. The van der Waals surface area contributed by atoms with Crippen molar-refractivity contribution in [3.63, 3.8) is 0 Å². The Hall–Kier alpha value is -0.540. The number of methoxy groups -OCH3 is 1. The molecule has 0 amide bonds. The first-order valence-electron chi connectivity index (χ1n) is 6.20. The van der Waals surface area contributed by atoms with Crippen molar-refractivity contribution in [2.45, 2.75) is 45.1 Å². The third kappa shape index (κ3) is 4.68. The van der Waals surface area contributed by atoms with Crippen LogP contribution in [0.25, 0.3) is 0 Å². The lowest BCUT2D eigenvalue weighted by Gasteiger charge is -2.12. The van der Waals surface area contributed by atoms with Gasteiger partial charge in [0.2, 0.25) is 0 Å². The molecule has 0 heterocycles. The van der Waals surface area contributed by atoms with E-state index < -0.39 is 0 Å². The molecule has 0 fully saturated rings. The fourth-order valence-corrected chi connectivity index (χ4v) is 2.38. The zero-order chi connectivity index (χ0) is 12.7. The zero-order valence-electron chi connectivity index (χ0n) is 10.6. The molecule has 0 aromatic heterocycles. The second-order valence-corrected chi connectivity index (χ2v) is 5.11. The van der Waals surface area contributed by atoms with Crippen LogP contribution in [0, 0.1) is 0 Å². The highest BCUT2D eigenvalue weighted by Gasteiger charge is 2.09. The highest BCUT2D eigenvalue weighted by atomic mass is 79.9. The minimum Gasteiger partial charge on any atom is -0.496 e. The van der Waals surface area contributed by atoms with E-state index >= 15 is 0 Å². The summed E-state index contributed by atoms with van der Waals surface area (Å²) in [5.74, 6) is 0.798. The normalized spacial score (nSPS) is 12.5. The maximum absolute atomic E-state index is 10.0. The van der Waals surface area contributed by atoms with Crippen LogP contribution in [-0.2, 0) is 0 Å². The molecule has 0 aliphatic heterocycles. The molecule has 1 rings (SSSR count). The molecular formula is C14H21BrO2. The third-order valence-corrected chi connectivity index (χ3v) is 3.51. The number of hydrogen-bond donors (Lipinski definition) is 1. The molecule has 1 aromatic carbocycles. The molecule has 2 nitrogen and oxygen atoms in total. The first-order chi connectivity index (χ1) is 8.19. The van der Waals surface area contributed by atoms with E-state index in [2.05, 4.69) is 22.9 Å². The average molecular weight is 301 g/mol. The van der Waals surface area contributed by atoms with Crippen LogP contribution in [0.3, 0.4) is 0 Å². The predicted molar refractivity (Wildman–Crippen MR) is 74.4 cm³/mol. The molecule has 0 saturated carbocycles. The van der Waals surface area contributed by atoms with Crippen molar-refractivity contribution in [1.29, 1.82) is 0 Å². The molecule has 96 valence electrons. The molecule has 0 bridgehead atoms. The van der Waals surface area contributed by atoms with Gasteiger partial charge in [-0.2, -0.15) is 0 Å². The van der Waals surface area contributed by atoms with Crippen molar-refractivity contribution in [2.24, 2.45) is 0 Å². The molecule has 3 heteroatoms. The van der Waals surface area contributed by atoms with Crippen molar-refractivity contribution < 1.29 is 9.84 Å². The fourth-order valence-electron chi connectivity index (χ4n) is 1.82. The van der Waals surface area contributed by atoms with E-state index in [-0.39, 0.29) is 6.10 Å². The number of aliphatic hydroxyl groups is 1. The first-order valence-corrected chi connectivity index (χ1v) is 6.99. The summed E-state index contributed by atoms with van der Waals surface area (Å²) in [5.41, 5.74) is 0.953. The summed E-state index contributed by atoms with van der Waals surface area (Å²) in [4.78, 5) is 0. The minimum absolute atomic E-state index is 0.367. The summed E-state index contributed by atoms with van der Waals surface area (Å²) in [5, 5.41) is 10.0. The van der Waals surface area contributed by atoms with Gasteiger partial charge in [-0.15, -0.1) is 0 Å². The molecule has 0 aliphatic carbocycles. The molecule has 0 aliphatic rings. The van der Waals surface area contributed by atoms with Crippen LogP contribution in [0.4, 0.5) is 0 Å². The van der Waals surface area contributed by atoms with Gasteiger partial charge in [0.05, 0.1) is 17.7 Å². The van der Waals surface area contributed by atoms with Crippen molar-refractivity contribution in [2.75, 3.05) is 7.11 Å². The van der Waals surface area contributed by atoms with E-state index in [4.69, 9.17) is 4.74 Å². The van der Waals surface area contributed by atoms with Crippen LogP contribution in [0.2, 0.25) is 0 Å². The first kappa shape index (κ1) is 14.5.